The molecule has 2 aromatic heterocycles. The first kappa shape index (κ1) is 10.2. The molecule has 0 amide bonds. The molecule has 2 rings (SSSR count). The molecule has 0 aliphatic heterocycles. The summed E-state index contributed by atoms with van der Waals surface area (Å²) in [5, 5.41) is 7.58. The van der Waals surface area contributed by atoms with Gasteiger partial charge in [-0.05, 0) is 25.5 Å². The van der Waals surface area contributed by atoms with Crippen molar-refractivity contribution < 1.29 is 0 Å². The Balaban J connectivity index is 2.01. The summed E-state index contributed by atoms with van der Waals surface area (Å²) in [6.45, 7) is 5.15. The number of anilines is 1. The SMILES string of the molecule is Cc1cc(CNc2ccn(C)n2)c(C)s1. The molecule has 0 fully saturated rings. The normalized spacial score (nSPS) is 10.6. The van der Waals surface area contributed by atoms with Gasteiger partial charge in [0.15, 0.2) is 0 Å². The maximum absolute atomic E-state index is 4.27. The molecule has 0 bridgehead atoms. The minimum atomic E-state index is 0.854. The zero-order valence-electron chi connectivity index (χ0n) is 9.24. The maximum Gasteiger partial charge on any atom is 0.148 e. The first-order valence-corrected chi connectivity index (χ1v) is 5.76. The van der Waals surface area contributed by atoms with E-state index in [2.05, 4.69) is 30.3 Å². The Morgan fingerprint density at radius 2 is 2.27 bits per heavy atom. The van der Waals surface area contributed by atoms with Crippen molar-refractivity contribution in [1.29, 1.82) is 0 Å². The third-order valence-electron chi connectivity index (χ3n) is 2.32. The molecule has 2 heterocycles. The smallest absolute Gasteiger partial charge is 0.148 e. The Labute approximate surface area is 93.7 Å². The van der Waals surface area contributed by atoms with Crippen molar-refractivity contribution in [2.45, 2.75) is 20.4 Å². The fourth-order valence-corrected chi connectivity index (χ4v) is 2.50. The minimum Gasteiger partial charge on any atom is -0.364 e. The molecule has 0 aromatic carbocycles. The van der Waals surface area contributed by atoms with E-state index >= 15 is 0 Å². The van der Waals surface area contributed by atoms with Gasteiger partial charge in [0.2, 0.25) is 0 Å². The average Bonchev–Trinajstić information content (AvgIpc) is 2.70. The van der Waals surface area contributed by atoms with Gasteiger partial charge in [0.1, 0.15) is 5.82 Å². The highest BCUT2D eigenvalue weighted by atomic mass is 32.1. The van der Waals surface area contributed by atoms with Gasteiger partial charge in [0, 0.05) is 35.6 Å². The van der Waals surface area contributed by atoms with Gasteiger partial charge in [0.05, 0.1) is 0 Å². The van der Waals surface area contributed by atoms with Crippen LogP contribution >= 0.6 is 11.3 Å². The molecule has 0 aliphatic carbocycles. The Morgan fingerprint density at radius 1 is 1.47 bits per heavy atom. The number of nitrogens with zero attached hydrogens (tertiary/aromatic N) is 2. The standard InChI is InChI=1S/C11H15N3S/c1-8-6-10(9(2)15-8)7-12-11-4-5-14(3)13-11/h4-6H,7H2,1-3H3,(H,12,13). The summed E-state index contributed by atoms with van der Waals surface area (Å²) in [7, 11) is 1.92. The second-order valence-electron chi connectivity index (χ2n) is 3.67. The molecule has 0 aliphatic rings. The molecule has 0 spiro atoms. The van der Waals surface area contributed by atoms with Crippen LogP contribution in [-0.2, 0) is 13.6 Å². The predicted molar refractivity (Wildman–Crippen MR) is 64.3 cm³/mol. The Kier molecular flexibility index (Phi) is 2.77. The van der Waals surface area contributed by atoms with E-state index in [0.29, 0.717) is 0 Å². The van der Waals surface area contributed by atoms with Gasteiger partial charge in [-0.2, -0.15) is 5.10 Å². The summed E-state index contributed by atoms with van der Waals surface area (Å²) in [5.74, 6) is 0.931. The highest BCUT2D eigenvalue weighted by Crippen LogP contribution is 2.21. The number of hydrogen-bond acceptors (Lipinski definition) is 3. The number of aromatic nitrogens is 2. The summed E-state index contributed by atoms with van der Waals surface area (Å²) in [6.07, 6.45) is 1.94. The lowest BCUT2D eigenvalue weighted by molar-refractivity contribution is 0.768. The molecule has 4 heteroatoms. The van der Waals surface area contributed by atoms with E-state index in [4.69, 9.17) is 0 Å². The fraction of sp³-hybridized carbons (Fsp3) is 0.364. The summed E-state index contributed by atoms with van der Waals surface area (Å²) in [5.41, 5.74) is 1.36. The number of thiophene rings is 1. The molecule has 15 heavy (non-hydrogen) atoms. The van der Waals surface area contributed by atoms with Crippen molar-refractivity contribution in [3.05, 3.63) is 33.6 Å². The monoisotopic (exact) mass is 221 g/mol. The zero-order valence-corrected chi connectivity index (χ0v) is 10.1. The second kappa shape index (κ2) is 4.06. The number of nitrogens with one attached hydrogen (secondary N) is 1. The molecule has 3 nitrogen and oxygen atoms in total. The van der Waals surface area contributed by atoms with Crippen LogP contribution in [0.25, 0.3) is 0 Å². The molecule has 0 saturated carbocycles. The van der Waals surface area contributed by atoms with E-state index in [-0.39, 0.29) is 0 Å². The highest BCUT2D eigenvalue weighted by Gasteiger charge is 2.03. The van der Waals surface area contributed by atoms with Crippen molar-refractivity contribution in [1.82, 2.24) is 9.78 Å². The van der Waals surface area contributed by atoms with Gasteiger partial charge in [-0.15, -0.1) is 11.3 Å². The van der Waals surface area contributed by atoms with Gasteiger partial charge in [-0.25, -0.2) is 0 Å². The Bertz CT molecular complexity index is 456. The van der Waals surface area contributed by atoms with Crippen LogP contribution in [-0.4, -0.2) is 9.78 Å². The molecule has 2 aromatic rings. The van der Waals surface area contributed by atoms with Crippen LogP contribution in [0.2, 0.25) is 0 Å². The number of hydrogen-bond donors (Lipinski definition) is 1. The fourth-order valence-electron chi connectivity index (χ4n) is 1.55. The number of aryl methyl sites for hydroxylation is 3. The zero-order chi connectivity index (χ0) is 10.8. The van der Waals surface area contributed by atoms with E-state index in [1.807, 2.05) is 30.6 Å². The molecule has 1 N–H and O–H groups in total. The quantitative estimate of drug-likeness (QED) is 0.863. The third-order valence-corrected chi connectivity index (χ3v) is 3.33. The van der Waals surface area contributed by atoms with E-state index < -0.39 is 0 Å². The summed E-state index contributed by atoms with van der Waals surface area (Å²) in [6, 6.07) is 4.21. The van der Waals surface area contributed by atoms with Crippen LogP contribution in [0.3, 0.4) is 0 Å². The first-order valence-electron chi connectivity index (χ1n) is 4.94. The summed E-state index contributed by atoms with van der Waals surface area (Å²) in [4.78, 5) is 2.75. The lowest BCUT2D eigenvalue weighted by Gasteiger charge is -2.01. The van der Waals surface area contributed by atoms with Crippen LogP contribution in [0.5, 0.6) is 0 Å². The van der Waals surface area contributed by atoms with E-state index in [1.165, 1.54) is 15.3 Å². The van der Waals surface area contributed by atoms with Crippen molar-refractivity contribution >= 4 is 17.2 Å². The van der Waals surface area contributed by atoms with Gasteiger partial charge >= 0.3 is 0 Å². The molecule has 80 valence electrons. The van der Waals surface area contributed by atoms with Crippen LogP contribution in [0.15, 0.2) is 18.3 Å². The second-order valence-corrected chi connectivity index (χ2v) is 5.13. The maximum atomic E-state index is 4.27. The highest BCUT2D eigenvalue weighted by molar-refractivity contribution is 7.12. The first-order chi connectivity index (χ1) is 7.15. The van der Waals surface area contributed by atoms with Gasteiger partial charge < -0.3 is 5.32 Å². The third kappa shape index (κ3) is 2.39. The Morgan fingerprint density at radius 3 is 2.80 bits per heavy atom. The summed E-state index contributed by atoms with van der Waals surface area (Å²) >= 11 is 1.84. The predicted octanol–water partition coefficient (Wildman–Crippen LogP) is 2.71. The topological polar surface area (TPSA) is 29.9 Å². The van der Waals surface area contributed by atoms with E-state index in [1.54, 1.807) is 4.68 Å². The molecular weight excluding hydrogens is 206 g/mol. The largest absolute Gasteiger partial charge is 0.364 e. The van der Waals surface area contributed by atoms with Crippen molar-refractivity contribution in [3.63, 3.8) is 0 Å². The van der Waals surface area contributed by atoms with Crippen LogP contribution in [0, 0.1) is 13.8 Å². The van der Waals surface area contributed by atoms with Crippen molar-refractivity contribution in [2.24, 2.45) is 7.05 Å². The van der Waals surface area contributed by atoms with Gasteiger partial charge in [-0.1, -0.05) is 0 Å². The van der Waals surface area contributed by atoms with Gasteiger partial charge in [0.25, 0.3) is 0 Å². The van der Waals surface area contributed by atoms with Crippen LogP contribution in [0.4, 0.5) is 5.82 Å². The average molecular weight is 221 g/mol. The van der Waals surface area contributed by atoms with E-state index in [9.17, 15) is 0 Å². The molecular formula is C11H15N3S. The van der Waals surface area contributed by atoms with Crippen molar-refractivity contribution in [2.75, 3.05) is 5.32 Å². The van der Waals surface area contributed by atoms with Crippen LogP contribution in [0.1, 0.15) is 15.3 Å². The lowest BCUT2D eigenvalue weighted by Crippen LogP contribution is -2.00. The Hall–Kier alpha value is -1.29. The van der Waals surface area contributed by atoms with Crippen molar-refractivity contribution in [3.8, 4) is 0 Å². The van der Waals surface area contributed by atoms with Gasteiger partial charge in [-0.3, -0.25) is 4.68 Å². The molecule has 0 saturated heterocycles. The minimum absolute atomic E-state index is 0.854. The molecule has 0 radical (unpaired) electrons. The number of rotatable bonds is 3. The van der Waals surface area contributed by atoms with E-state index in [0.717, 1.165) is 12.4 Å². The lowest BCUT2D eigenvalue weighted by atomic mass is 10.2. The van der Waals surface area contributed by atoms with Crippen LogP contribution < -0.4 is 5.32 Å². The molecule has 0 atom stereocenters. The molecule has 0 unspecified atom stereocenters. The summed E-state index contributed by atoms with van der Waals surface area (Å²) < 4.78 is 1.80.